The SMILES string of the molecule is CCOC(=O)C1=C(N)OC2=C(C(=O)C[C@H](C)C2)[C@]12C(=O)Nc1ccc(Br)cc12. The summed E-state index contributed by atoms with van der Waals surface area (Å²) in [6, 6.07) is 5.21. The summed E-state index contributed by atoms with van der Waals surface area (Å²) in [5, 5.41) is 2.80. The number of esters is 1. The Kier molecular flexibility index (Phi) is 4.33. The smallest absolute Gasteiger partial charge is 0.341 e. The number of rotatable bonds is 2. The van der Waals surface area contributed by atoms with Crippen LogP contribution in [0.3, 0.4) is 0 Å². The van der Waals surface area contributed by atoms with Crippen LogP contribution in [0.2, 0.25) is 0 Å². The first-order valence-corrected chi connectivity index (χ1v) is 9.83. The van der Waals surface area contributed by atoms with E-state index in [1.165, 1.54) is 0 Å². The van der Waals surface area contributed by atoms with Gasteiger partial charge in [-0.25, -0.2) is 4.79 Å². The van der Waals surface area contributed by atoms with Crippen LogP contribution >= 0.6 is 15.9 Å². The van der Waals surface area contributed by atoms with Crippen LogP contribution in [0.15, 0.2) is 45.5 Å². The summed E-state index contributed by atoms with van der Waals surface area (Å²) < 4.78 is 11.6. The molecule has 0 fully saturated rings. The Hall–Kier alpha value is -2.61. The van der Waals surface area contributed by atoms with Crippen molar-refractivity contribution in [3.63, 3.8) is 0 Å². The molecule has 146 valence electrons. The number of carbonyl (C=O) groups is 3. The van der Waals surface area contributed by atoms with E-state index in [-0.39, 0.29) is 41.8 Å². The predicted molar refractivity (Wildman–Crippen MR) is 104 cm³/mol. The summed E-state index contributed by atoms with van der Waals surface area (Å²) in [6.07, 6.45) is 0.715. The zero-order valence-electron chi connectivity index (χ0n) is 15.4. The number of ether oxygens (including phenoxy) is 2. The Morgan fingerprint density at radius 1 is 1.39 bits per heavy atom. The summed E-state index contributed by atoms with van der Waals surface area (Å²) in [5.74, 6) is -1.33. The monoisotopic (exact) mass is 446 g/mol. The average molecular weight is 447 g/mol. The first-order chi connectivity index (χ1) is 13.3. The number of fused-ring (bicyclic) bond motifs is 3. The van der Waals surface area contributed by atoms with Gasteiger partial charge < -0.3 is 20.5 Å². The van der Waals surface area contributed by atoms with Gasteiger partial charge in [-0.05, 0) is 31.0 Å². The summed E-state index contributed by atoms with van der Waals surface area (Å²) in [7, 11) is 0. The fraction of sp³-hybridized carbons (Fsp3) is 0.350. The van der Waals surface area contributed by atoms with Crippen LogP contribution in [-0.4, -0.2) is 24.3 Å². The van der Waals surface area contributed by atoms with Crippen molar-refractivity contribution < 1.29 is 23.9 Å². The van der Waals surface area contributed by atoms with Gasteiger partial charge in [0.25, 0.3) is 0 Å². The molecule has 1 amide bonds. The molecule has 1 spiro atoms. The molecule has 2 atom stereocenters. The maximum Gasteiger partial charge on any atom is 0.341 e. The van der Waals surface area contributed by atoms with Crippen LogP contribution in [0, 0.1) is 5.92 Å². The molecule has 2 heterocycles. The lowest BCUT2D eigenvalue weighted by molar-refractivity contribution is -0.141. The van der Waals surface area contributed by atoms with Gasteiger partial charge in [0, 0.05) is 28.6 Å². The molecule has 1 aliphatic carbocycles. The van der Waals surface area contributed by atoms with E-state index < -0.39 is 17.3 Å². The van der Waals surface area contributed by atoms with E-state index in [1.807, 2.05) is 6.92 Å². The van der Waals surface area contributed by atoms with Gasteiger partial charge >= 0.3 is 5.97 Å². The number of amides is 1. The topological polar surface area (TPSA) is 108 Å². The molecule has 3 aliphatic rings. The Labute approximate surface area is 170 Å². The molecule has 3 N–H and O–H groups in total. The minimum atomic E-state index is -1.68. The number of ketones is 1. The Morgan fingerprint density at radius 3 is 2.86 bits per heavy atom. The first kappa shape index (κ1) is 18.7. The molecule has 0 aromatic heterocycles. The van der Waals surface area contributed by atoms with Crippen LogP contribution in [-0.2, 0) is 29.3 Å². The lowest BCUT2D eigenvalue weighted by Crippen LogP contribution is -2.49. The number of allylic oxidation sites excluding steroid dienone is 1. The number of halogens is 1. The highest BCUT2D eigenvalue weighted by molar-refractivity contribution is 9.10. The summed E-state index contributed by atoms with van der Waals surface area (Å²) in [6.45, 7) is 3.68. The Balaban J connectivity index is 2.08. The molecule has 28 heavy (non-hydrogen) atoms. The number of anilines is 1. The van der Waals surface area contributed by atoms with Crippen molar-refractivity contribution in [1.29, 1.82) is 0 Å². The first-order valence-electron chi connectivity index (χ1n) is 9.04. The van der Waals surface area contributed by atoms with Crippen LogP contribution in [0.1, 0.15) is 32.3 Å². The third-order valence-electron chi connectivity index (χ3n) is 5.31. The van der Waals surface area contributed by atoms with Crippen molar-refractivity contribution in [2.24, 2.45) is 11.7 Å². The maximum absolute atomic E-state index is 13.4. The second kappa shape index (κ2) is 6.48. The van der Waals surface area contributed by atoms with Gasteiger partial charge in [-0.15, -0.1) is 0 Å². The largest absolute Gasteiger partial charge is 0.462 e. The van der Waals surface area contributed by atoms with Crippen molar-refractivity contribution in [3.05, 3.63) is 51.0 Å². The Morgan fingerprint density at radius 2 is 2.14 bits per heavy atom. The lowest BCUT2D eigenvalue weighted by atomic mass is 9.64. The lowest BCUT2D eigenvalue weighted by Gasteiger charge is -2.39. The van der Waals surface area contributed by atoms with Gasteiger partial charge in [0.05, 0.1) is 12.2 Å². The minimum Gasteiger partial charge on any atom is -0.462 e. The number of nitrogens with two attached hydrogens (primary N) is 1. The number of benzene rings is 1. The number of hydrogen-bond acceptors (Lipinski definition) is 6. The van der Waals surface area contributed by atoms with E-state index >= 15 is 0 Å². The normalized spacial score (nSPS) is 26.0. The van der Waals surface area contributed by atoms with E-state index in [4.69, 9.17) is 15.2 Å². The second-order valence-electron chi connectivity index (χ2n) is 7.19. The number of carbonyl (C=O) groups excluding carboxylic acids is 3. The van der Waals surface area contributed by atoms with Crippen LogP contribution < -0.4 is 11.1 Å². The highest BCUT2D eigenvalue weighted by atomic mass is 79.9. The minimum absolute atomic E-state index is 0.0479. The van der Waals surface area contributed by atoms with Crippen LogP contribution in [0.5, 0.6) is 0 Å². The maximum atomic E-state index is 13.4. The fourth-order valence-electron chi connectivity index (χ4n) is 4.30. The van der Waals surface area contributed by atoms with Gasteiger partial charge in [-0.2, -0.15) is 0 Å². The van der Waals surface area contributed by atoms with Gasteiger partial charge in [-0.1, -0.05) is 22.9 Å². The second-order valence-corrected chi connectivity index (χ2v) is 8.11. The molecule has 0 unspecified atom stereocenters. The molecule has 1 aromatic carbocycles. The molecule has 0 saturated carbocycles. The quantitative estimate of drug-likeness (QED) is 0.676. The van der Waals surface area contributed by atoms with Crippen LogP contribution in [0.25, 0.3) is 0 Å². The highest BCUT2D eigenvalue weighted by Crippen LogP contribution is 2.55. The standard InChI is InChI=1S/C20H19BrN2O5/c1-3-27-18(25)16-17(22)28-14-7-9(2)6-13(24)15(14)20(16)11-8-10(21)4-5-12(11)23-19(20)26/h4-5,8-9H,3,6-7,22H2,1-2H3,(H,23,26)/t9-,20-/m0/s1. The van der Waals surface area contributed by atoms with Gasteiger partial charge in [0.2, 0.25) is 11.8 Å². The fourth-order valence-corrected chi connectivity index (χ4v) is 4.66. The van der Waals surface area contributed by atoms with E-state index in [2.05, 4.69) is 21.2 Å². The number of Topliss-reactive ketones (excluding diaryl/α,β-unsaturated/α-hetero) is 1. The average Bonchev–Trinajstić information content (AvgIpc) is 2.87. The molecule has 1 aromatic rings. The van der Waals surface area contributed by atoms with Gasteiger partial charge in [0.1, 0.15) is 16.7 Å². The Bertz CT molecular complexity index is 996. The molecule has 0 bridgehead atoms. The van der Waals surface area contributed by atoms with Crippen molar-refractivity contribution in [1.82, 2.24) is 0 Å². The van der Waals surface area contributed by atoms with Crippen molar-refractivity contribution in [3.8, 4) is 0 Å². The predicted octanol–water partition coefficient (Wildman–Crippen LogP) is 2.66. The van der Waals surface area contributed by atoms with Gasteiger partial charge in [0.15, 0.2) is 5.78 Å². The van der Waals surface area contributed by atoms with Crippen molar-refractivity contribution in [2.75, 3.05) is 11.9 Å². The number of nitrogens with one attached hydrogen (secondary N) is 1. The molecule has 8 heteroatoms. The summed E-state index contributed by atoms with van der Waals surface area (Å²) in [5.41, 5.74) is 5.49. The number of hydrogen-bond donors (Lipinski definition) is 2. The van der Waals surface area contributed by atoms with E-state index in [9.17, 15) is 14.4 Å². The third kappa shape index (κ3) is 2.44. The molecule has 2 aliphatic heterocycles. The summed E-state index contributed by atoms with van der Waals surface area (Å²) in [4.78, 5) is 39.4. The molecule has 0 saturated heterocycles. The van der Waals surface area contributed by atoms with Crippen molar-refractivity contribution >= 4 is 39.3 Å². The molecule has 4 rings (SSSR count). The third-order valence-corrected chi connectivity index (χ3v) is 5.80. The van der Waals surface area contributed by atoms with Gasteiger partial charge in [-0.3, -0.25) is 9.59 Å². The van der Waals surface area contributed by atoms with Crippen molar-refractivity contribution in [2.45, 2.75) is 32.1 Å². The molecular formula is C20H19BrN2O5. The van der Waals surface area contributed by atoms with Crippen LogP contribution in [0.4, 0.5) is 5.69 Å². The highest BCUT2D eigenvalue weighted by Gasteiger charge is 2.62. The van der Waals surface area contributed by atoms with E-state index in [0.29, 0.717) is 27.9 Å². The zero-order chi connectivity index (χ0) is 20.2. The summed E-state index contributed by atoms with van der Waals surface area (Å²) >= 11 is 3.42. The molecule has 0 radical (unpaired) electrons. The molecular weight excluding hydrogens is 428 g/mol. The van der Waals surface area contributed by atoms with E-state index in [0.717, 1.165) is 0 Å². The molecule has 7 nitrogen and oxygen atoms in total. The zero-order valence-corrected chi connectivity index (χ0v) is 17.0. The van der Waals surface area contributed by atoms with E-state index in [1.54, 1.807) is 25.1 Å².